The van der Waals surface area contributed by atoms with Gasteiger partial charge in [0, 0.05) is 11.6 Å². The van der Waals surface area contributed by atoms with Crippen molar-refractivity contribution in [2.45, 2.75) is 6.61 Å². The fraction of sp³-hybridized carbons (Fsp3) is 0.0476. The van der Waals surface area contributed by atoms with Crippen molar-refractivity contribution in [1.82, 2.24) is 0 Å². The zero-order chi connectivity index (χ0) is 15.6. The van der Waals surface area contributed by atoms with Gasteiger partial charge < -0.3 is 4.74 Å². The molecule has 0 spiro atoms. The largest absolute Gasteiger partial charge is 0.489 e. The van der Waals surface area contributed by atoms with Gasteiger partial charge in [0.15, 0.2) is 0 Å². The second kappa shape index (κ2) is 5.73. The van der Waals surface area contributed by atoms with Crippen LogP contribution in [0.25, 0.3) is 21.5 Å². The van der Waals surface area contributed by atoms with Crippen molar-refractivity contribution >= 4 is 21.5 Å². The van der Waals surface area contributed by atoms with E-state index in [1.54, 1.807) is 12.1 Å². The molecular weight excluding hydrogens is 287 g/mol. The van der Waals surface area contributed by atoms with Crippen molar-refractivity contribution in [1.29, 1.82) is 0 Å². The van der Waals surface area contributed by atoms with Gasteiger partial charge in [-0.1, -0.05) is 54.6 Å². The van der Waals surface area contributed by atoms with Crippen LogP contribution < -0.4 is 4.74 Å². The van der Waals surface area contributed by atoms with E-state index in [1.807, 2.05) is 24.3 Å². The predicted molar refractivity (Wildman–Crippen MR) is 92.2 cm³/mol. The van der Waals surface area contributed by atoms with Gasteiger partial charge in [-0.3, -0.25) is 0 Å². The van der Waals surface area contributed by atoms with E-state index < -0.39 is 0 Å². The molecule has 0 fully saturated rings. The first-order chi connectivity index (χ1) is 11.3. The molecule has 112 valence electrons. The van der Waals surface area contributed by atoms with Gasteiger partial charge >= 0.3 is 0 Å². The Hall–Kier alpha value is -2.87. The summed E-state index contributed by atoms with van der Waals surface area (Å²) in [6.45, 7) is 0.408. The van der Waals surface area contributed by atoms with E-state index in [0.717, 1.165) is 5.56 Å². The summed E-state index contributed by atoms with van der Waals surface area (Å²) in [5.74, 6) is 0.257. The minimum absolute atomic E-state index is 0.287. The second-order valence-corrected chi connectivity index (χ2v) is 5.54. The quantitative estimate of drug-likeness (QED) is 0.440. The molecule has 0 unspecified atom stereocenters. The molecule has 0 amide bonds. The molecule has 0 aromatic heterocycles. The highest BCUT2D eigenvalue weighted by molar-refractivity contribution is 6.02. The molecule has 0 aliphatic carbocycles. The molecular formula is C21H15FO. The summed E-state index contributed by atoms with van der Waals surface area (Å²) in [7, 11) is 0. The third-order valence-corrected chi connectivity index (χ3v) is 4.06. The minimum atomic E-state index is -0.287. The van der Waals surface area contributed by atoms with Gasteiger partial charge in [-0.05, 0) is 39.7 Å². The molecule has 0 aliphatic rings. The average Bonchev–Trinajstić information content (AvgIpc) is 2.58. The molecule has 0 saturated carbocycles. The van der Waals surface area contributed by atoms with Crippen LogP contribution >= 0.6 is 0 Å². The Bertz CT molecular complexity index is 937. The van der Waals surface area contributed by atoms with E-state index >= 15 is 0 Å². The van der Waals surface area contributed by atoms with Crippen LogP contribution in [0.15, 0.2) is 78.9 Å². The summed E-state index contributed by atoms with van der Waals surface area (Å²) in [6, 6.07) is 25.0. The third kappa shape index (κ3) is 2.64. The first kappa shape index (κ1) is 13.8. The maximum Gasteiger partial charge on any atom is 0.126 e. The maximum atomic E-state index is 13.3. The van der Waals surface area contributed by atoms with Crippen LogP contribution in [0, 0.1) is 5.82 Å². The lowest BCUT2D eigenvalue weighted by Gasteiger charge is -2.13. The lowest BCUT2D eigenvalue weighted by atomic mass is 9.97. The highest BCUT2D eigenvalue weighted by atomic mass is 19.1. The summed E-state index contributed by atoms with van der Waals surface area (Å²) in [4.78, 5) is 0. The Kier molecular flexibility index (Phi) is 3.43. The van der Waals surface area contributed by atoms with Crippen LogP contribution in [0.3, 0.4) is 0 Å². The van der Waals surface area contributed by atoms with Crippen molar-refractivity contribution < 1.29 is 9.13 Å². The smallest absolute Gasteiger partial charge is 0.126 e. The molecule has 1 nitrogen and oxygen atoms in total. The highest BCUT2D eigenvalue weighted by Gasteiger charge is 2.08. The molecule has 0 N–H and O–H groups in total. The van der Waals surface area contributed by atoms with Crippen LogP contribution in [0.4, 0.5) is 4.39 Å². The van der Waals surface area contributed by atoms with Gasteiger partial charge in [0.2, 0.25) is 0 Å². The molecule has 4 rings (SSSR count). The highest BCUT2D eigenvalue weighted by Crippen LogP contribution is 2.29. The van der Waals surface area contributed by atoms with E-state index in [4.69, 9.17) is 4.74 Å². The summed E-state index contributed by atoms with van der Waals surface area (Å²) in [5, 5.41) is 4.71. The van der Waals surface area contributed by atoms with Gasteiger partial charge in [0.05, 0.1) is 0 Å². The third-order valence-electron chi connectivity index (χ3n) is 4.06. The molecule has 0 radical (unpaired) electrons. The monoisotopic (exact) mass is 302 g/mol. The lowest BCUT2D eigenvalue weighted by Crippen LogP contribution is -1.98. The van der Waals surface area contributed by atoms with Crippen LogP contribution in [-0.2, 0) is 6.61 Å². The Morgan fingerprint density at radius 3 is 2.00 bits per heavy atom. The van der Waals surface area contributed by atoms with E-state index in [-0.39, 0.29) is 5.82 Å². The normalized spacial score (nSPS) is 11.0. The van der Waals surface area contributed by atoms with E-state index in [2.05, 4.69) is 30.3 Å². The van der Waals surface area contributed by atoms with Crippen LogP contribution in [-0.4, -0.2) is 0 Å². The van der Waals surface area contributed by atoms with Crippen molar-refractivity contribution in [3.05, 3.63) is 90.2 Å². The van der Waals surface area contributed by atoms with Crippen LogP contribution in [0.2, 0.25) is 0 Å². The number of halogens is 1. The number of ether oxygens (including phenoxy) is 1. The first-order valence-corrected chi connectivity index (χ1v) is 7.59. The average molecular weight is 302 g/mol. The van der Waals surface area contributed by atoms with Gasteiger partial charge in [0.25, 0.3) is 0 Å². The van der Waals surface area contributed by atoms with Gasteiger partial charge in [0.1, 0.15) is 18.2 Å². The fourth-order valence-corrected chi connectivity index (χ4v) is 2.98. The maximum absolute atomic E-state index is 13.3. The number of hydrogen-bond acceptors (Lipinski definition) is 1. The van der Waals surface area contributed by atoms with E-state index in [1.165, 1.54) is 33.7 Å². The van der Waals surface area contributed by atoms with Crippen LogP contribution in [0.1, 0.15) is 5.56 Å². The Morgan fingerprint density at radius 2 is 1.35 bits per heavy atom. The molecule has 4 aromatic rings. The van der Waals surface area contributed by atoms with Crippen LogP contribution in [0.5, 0.6) is 5.75 Å². The second-order valence-electron chi connectivity index (χ2n) is 5.54. The molecule has 0 aliphatic heterocycles. The molecule has 2 heteroatoms. The van der Waals surface area contributed by atoms with E-state index in [0.29, 0.717) is 12.4 Å². The number of benzene rings is 4. The minimum Gasteiger partial charge on any atom is -0.489 e. The topological polar surface area (TPSA) is 9.23 Å². The van der Waals surface area contributed by atoms with E-state index in [9.17, 15) is 4.39 Å². The summed E-state index contributed by atoms with van der Waals surface area (Å²) >= 11 is 0. The zero-order valence-corrected chi connectivity index (χ0v) is 12.5. The standard InChI is InChI=1S/C21H15FO/c22-17-8-5-9-18(13-17)23-14-21-19-10-3-1-6-15(19)12-16-7-2-4-11-20(16)21/h1-13H,14H2. The molecule has 4 aromatic carbocycles. The molecule has 0 heterocycles. The Balaban J connectivity index is 1.82. The zero-order valence-electron chi connectivity index (χ0n) is 12.5. The predicted octanol–water partition coefficient (Wildman–Crippen LogP) is 5.71. The molecule has 0 bridgehead atoms. The molecule has 0 atom stereocenters. The number of fused-ring (bicyclic) bond motifs is 2. The summed E-state index contributed by atoms with van der Waals surface area (Å²) in [6.07, 6.45) is 0. The van der Waals surface area contributed by atoms with Crippen molar-refractivity contribution in [2.75, 3.05) is 0 Å². The molecule has 23 heavy (non-hydrogen) atoms. The van der Waals surface area contributed by atoms with Gasteiger partial charge in [-0.2, -0.15) is 0 Å². The SMILES string of the molecule is Fc1cccc(OCc2c3ccccc3cc3ccccc23)c1. The Morgan fingerprint density at radius 1 is 0.696 bits per heavy atom. The number of rotatable bonds is 3. The van der Waals surface area contributed by atoms with Crippen molar-refractivity contribution in [2.24, 2.45) is 0 Å². The number of hydrogen-bond donors (Lipinski definition) is 0. The van der Waals surface area contributed by atoms with Crippen molar-refractivity contribution in [3.8, 4) is 5.75 Å². The van der Waals surface area contributed by atoms with Gasteiger partial charge in [-0.25, -0.2) is 4.39 Å². The van der Waals surface area contributed by atoms with Crippen molar-refractivity contribution in [3.63, 3.8) is 0 Å². The summed E-state index contributed by atoms with van der Waals surface area (Å²) in [5.41, 5.74) is 1.13. The fourth-order valence-electron chi connectivity index (χ4n) is 2.98. The lowest BCUT2D eigenvalue weighted by molar-refractivity contribution is 0.307. The Labute approximate surface area is 133 Å². The molecule has 0 saturated heterocycles. The summed E-state index contributed by atoms with van der Waals surface area (Å²) < 4.78 is 19.2. The first-order valence-electron chi connectivity index (χ1n) is 7.59. The van der Waals surface area contributed by atoms with Gasteiger partial charge in [-0.15, -0.1) is 0 Å².